The number of aromatic nitrogens is 2. The van der Waals surface area contributed by atoms with Crippen LogP contribution in [-0.4, -0.2) is 32.5 Å². The van der Waals surface area contributed by atoms with Crippen LogP contribution >= 0.6 is 0 Å². The molecule has 5 heteroatoms. The van der Waals surface area contributed by atoms with Gasteiger partial charge < -0.3 is 5.32 Å². The second-order valence-corrected chi connectivity index (χ2v) is 5.63. The fraction of sp³-hybridized carbons (Fsp3) is 0.308. The van der Waals surface area contributed by atoms with Gasteiger partial charge in [-0.05, 0) is 23.8 Å². The highest BCUT2D eigenvalue weighted by atomic mass is 32.2. The van der Waals surface area contributed by atoms with Crippen LogP contribution in [0.4, 0.5) is 0 Å². The van der Waals surface area contributed by atoms with E-state index in [-0.39, 0.29) is 0 Å². The smallest absolute Gasteiger partial charge is 0.0645 e. The predicted octanol–water partition coefficient (Wildman–Crippen LogP) is 1.34. The lowest BCUT2D eigenvalue weighted by atomic mass is 10.2. The Kier molecular flexibility index (Phi) is 4.66. The number of hydrogen-bond acceptors (Lipinski definition) is 3. The molecule has 96 valence electrons. The lowest BCUT2D eigenvalue weighted by Crippen LogP contribution is -2.19. The predicted molar refractivity (Wildman–Crippen MR) is 74.2 cm³/mol. The Balaban J connectivity index is 1.86. The summed E-state index contributed by atoms with van der Waals surface area (Å²) in [6.07, 6.45) is 5.41. The second-order valence-electron chi connectivity index (χ2n) is 4.07. The van der Waals surface area contributed by atoms with Crippen LogP contribution < -0.4 is 5.32 Å². The van der Waals surface area contributed by atoms with Crippen LogP contribution in [0.3, 0.4) is 0 Å². The van der Waals surface area contributed by atoms with Gasteiger partial charge in [-0.1, -0.05) is 12.1 Å². The molecule has 1 heterocycles. The van der Waals surface area contributed by atoms with Crippen molar-refractivity contribution in [2.75, 3.05) is 18.6 Å². The van der Waals surface area contributed by atoms with Crippen LogP contribution in [0.25, 0.3) is 5.69 Å². The van der Waals surface area contributed by atoms with Gasteiger partial charge >= 0.3 is 0 Å². The quantitative estimate of drug-likeness (QED) is 0.800. The summed E-state index contributed by atoms with van der Waals surface area (Å²) in [7, 11) is -0.722. The Morgan fingerprint density at radius 3 is 2.72 bits per heavy atom. The molecule has 0 bridgehead atoms. The van der Waals surface area contributed by atoms with Crippen molar-refractivity contribution in [3.8, 4) is 5.69 Å². The summed E-state index contributed by atoms with van der Waals surface area (Å²) in [5, 5.41) is 7.45. The van der Waals surface area contributed by atoms with Crippen molar-refractivity contribution in [1.29, 1.82) is 0 Å². The van der Waals surface area contributed by atoms with E-state index in [1.807, 2.05) is 29.1 Å². The van der Waals surface area contributed by atoms with Crippen molar-refractivity contribution in [2.24, 2.45) is 0 Å². The summed E-state index contributed by atoms with van der Waals surface area (Å²) in [6.45, 7) is 1.58. The highest BCUT2D eigenvalue weighted by molar-refractivity contribution is 7.84. The maximum atomic E-state index is 10.9. The molecule has 4 nitrogen and oxygen atoms in total. The minimum absolute atomic E-state index is 0.700. The molecule has 0 saturated heterocycles. The first-order chi connectivity index (χ1) is 8.75. The van der Waals surface area contributed by atoms with Gasteiger partial charge in [-0.15, -0.1) is 0 Å². The van der Waals surface area contributed by atoms with E-state index in [1.165, 1.54) is 5.56 Å². The Labute approximate surface area is 109 Å². The molecule has 0 aliphatic rings. The van der Waals surface area contributed by atoms with E-state index in [1.54, 1.807) is 12.5 Å². The molecule has 0 saturated carbocycles. The number of nitrogens with one attached hydrogen (secondary N) is 1. The summed E-state index contributed by atoms with van der Waals surface area (Å²) in [4.78, 5) is 0. The Bertz CT molecular complexity index is 493. The van der Waals surface area contributed by atoms with E-state index in [0.29, 0.717) is 5.75 Å². The largest absolute Gasteiger partial charge is 0.312 e. The molecule has 1 unspecified atom stereocenters. The summed E-state index contributed by atoms with van der Waals surface area (Å²) >= 11 is 0. The molecule has 18 heavy (non-hydrogen) atoms. The average Bonchev–Trinajstić information content (AvgIpc) is 2.89. The maximum absolute atomic E-state index is 10.9. The Morgan fingerprint density at radius 2 is 2.11 bits per heavy atom. The third-order valence-corrected chi connectivity index (χ3v) is 3.38. The van der Waals surface area contributed by atoms with Crippen LogP contribution in [0.2, 0.25) is 0 Å². The number of benzene rings is 1. The van der Waals surface area contributed by atoms with Gasteiger partial charge in [0, 0.05) is 48.3 Å². The minimum atomic E-state index is -0.722. The fourth-order valence-electron chi connectivity index (χ4n) is 1.64. The normalized spacial score (nSPS) is 12.5. The van der Waals surface area contributed by atoms with Crippen molar-refractivity contribution in [2.45, 2.75) is 6.54 Å². The zero-order chi connectivity index (χ0) is 12.8. The zero-order valence-electron chi connectivity index (χ0n) is 10.4. The molecule has 2 aromatic rings. The van der Waals surface area contributed by atoms with E-state index >= 15 is 0 Å². The molecule has 0 amide bonds. The first-order valence-electron chi connectivity index (χ1n) is 5.85. The Morgan fingerprint density at radius 1 is 1.33 bits per heavy atom. The van der Waals surface area contributed by atoms with Crippen molar-refractivity contribution in [3.63, 3.8) is 0 Å². The summed E-state index contributed by atoms with van der Waals surface area (Å²) in [5.41, 5.74) is 2.27. The average molecular weight is 263 g/mol. The number of hydrogen-bond donors (Lipinski definition) is 1. The molecular weight excluding hydrogens is 246 g/mol. The first-order valence-corrected chi connectivity index (χ1v) is 7.58. The first kappa shape index (κ1) is 13.0. The molecule has 1 aromatic carbocycles. The van der Waals surface area contributed by atoms with E-state index in [4.69, 9.17) is 0 Å². The molecule has 1 atom stereocenters. The van der Waals surface area contributed by atoms with Gasteiger partial charge in [-0.25, -0.2) is 4.68 Å². The summed E-state index contributed by atoms with van der Waals surface area (Å²) in [5.74, 6) is 0.700. The summed E-state index contributed by atoms with van der Waals surface area (Å²) < 4.78 is 12.7. The van der Waals surface area contributed by atoms with Crippen LogP contribution in [-0.2, 0) is 17.3 Å². The van der Waals surface area contributed by atoms with Gasteiger partial charge in [0.05, 0.1) is 5.69 Å². The number of rotatable bonds is 6. The van der Waals surface area contributed by atoms with Gasteiger partial charge in [-0.3, -0.25) is 4.21 Å². The van der Waals surface area contributed by atoms with Crippen LogP contribution in [0, 0.1) is 0 Å². The molecule has 1 N–H and O–H groups in total. The van der Waals surface area contributed by atoms with Gasteiger partial charge in [0.15, 0.2) is 0 Å². The van der Waals surface area contributed by atoms with Crippen LogP contribution in [0.1, 0.15) is 5.56 Å². The highest BCUT2D eigenvalue weighted by Crippen LogP contribution is 2.08. The molecule has 0 aliphatic carbocycles. The Hall–Kier alpha value is -1.46. The van der Waals surface area contributed by atoms with Crippen LogP contribution in [0.15, 0.2) is 42.7 Å². The third-order valence-electron chi connectivity index (χ3n) is 2.60. The van der Waals surface area contributed by atoms with E-state index < -0.39 is 10.8 Å². The molecule has 0 spiro atoms. The van der Waals surface area contributed by atoms with Crippen molar-refractivity contribution >= 4 is 10.8 Å². The molecular formula is C13H17N3OS. The van der Waals surface area contributed by atoms with E-state index in [2.05, 4.69) is 22.5 Å². The topological polar surface area (TPSA) is 46.9 Å². The zero-order valence-corrected chi connectivity index (χ0v) is 11.2. The van der Waals surface area contributed by atoms with Gasteiger partial charge in [0.2, 0.25) is 0 Å². The molecule has 1 aromatic heterocycles. The highest BCUT2D eigenvalue weighted by Gasteiger charge is 1.97. The second kappa shape index (κ2) is 6.47. The molecule has 0 fully saturated rings. The standard InChI is InChI=1S/C13H17N3OS/c1-18(17)10-8-14-11-12-3-5-13(6-4-12)16-9-2-7-15-16/h2-7,9,14H,8,10-11H2,1H3. The van der Waals surface area contributed by atoms with Gasteiger partial charge in [0.25, 0.3) is 0 Å². The van der Waals surface area contributed by atoms with E-state index in [9.17, 15) is 4.21 Å². The SMILES string of the molecule is CS(=O)CCNCc1ccc(-n2cccn2)cc1. The fourth-order valence-corrected chi connectivity index (χ4v) is 2.07. The van der Waals surface area contributed by atoms with Crippen molar-refractivity contribution in [3.05, 3.63) is 48.3 Å². The summed E-state index contributed by atoms with van der Waals surface area (Å²) in [6, 6.07) is 10.1. The molecule has 0 radical (unpaired) electrons. The molecule has 0 aliphatic heterocycles. The van der Waals surface area contributed by atoms with Crippen molar-refractivity contribution in [1.82, 2.24) is 15.1 Å². The maximum Gasteiger partial charge on any atom is 0.0645 e. The van der Waals surface area contributed by atoms with Gasteiger partial charge in [0.1, 0.15) is 0 Å². The lowest BCUT2D eigenvalue weighted by Gasteiger charge is -2.05. The minimum Gasteiger partial charge on any atom is -0.312 e. The van der Waals surface area contributed by atoms with Crippen LogP contribution in [0.5, 0.6) is 0 Å². The lowest BCUT2D eigenvalue weighted by molar-refractivity contribution is 0.676. The molecule has 2 rings (SSSR count). The monoisotopic (exact) mass is 263 g/mol. The van der Waals surface area contributed by atoms with Gasteiger partial charge in [-0.2, -0.15) is 5.10 Å². The van der Waals surface area contributed by atoms with E-state index in [0.717, 1.165) is 18.8 Å². The van der Waals surface area contributed by atoms with Crippen molar-refractivity contribution < 1.29 is 4.21 Å². The number of nitrogens with zero attached hydrogens (tertiary/aromatic N) is 2. The third kappa shape index (κ3) is 3.78.